The van der Waals surface area contributed by atoms with E-state index in [2.05, 4.69) is 12.2 Å². The van der Waals surface area contributed by atoms with Gasteiger partial charge in [0, 0.05) is 17.7 Å². The molecule has 1 fully saturated rings. The summed E-state index contributed by atoms with van der Waals surface area (Å²) in [5.41, 5.74) is 1.60. The molecule has 7 nitrogen and oxygen atoms in total. The normalized spacial score (nSPS) is 23.8. The fourth-order valence-electron chi connectivity index (χ4n) is 4.26. The van der Waals surface area contributed by atoms with Crippen molar-refractivity contribution in [3.05, 3.63) is 16.0 Å². The van der Waals surface area contributed by atoms with E-state index in [9.17, 15) is 14.4 Å². The molecule has 1 aromatic heterocycles. The first-order valence-electron chi connectivity index (χ1n) is 10.5. The maximum absolute atomic E-state index is 12.7. The zero-order valence-electron chi connectivity index (χ0n) is 17.5. The second-order valence-electron chi connectivity index (χ2n) is 8.05. The highest BCUT2D eigenvalue weighted by Crippen LogP contribution is 2.40. The Kier molecular flexibility index (Phi) is 7.29. The zero-order chi connectivity index (χ0) is 21.0. The molecule has 1 aliphatic heterocycles. The Hall–Kier alpha value is -1.93. The highest BCUT2D eigenvalue weighted by atomic mass is 32.1. The molecule has 1 aliphatic carbocycles. The van der Waals surface area contributed by atoms with Gasteiger partial charge in [-0.25, -0.2) is 4.79 Å². The number of ether oxygens (including phenoxy) is 2. The maximum Gasteiger partial charge on any atom is 0.341 e. The van der Waals surface area contributed by atoms with Crippen molar-refractivity contribution in [2.45, 2.75) is 46.0 Å². The summed E-state index contributed by atoms with van der Waals surface area (Å²) in [5.74, 6) is -0.0886. The zero-order valence-corrected chi connectivity index (χ0v) is 18.3. The molecule has 1 aromatic rings. The number of thiophene rings is 1. The number of hydrogen-bond donors (Lipinski definition) is 2. The molecular formula is C21H31N2O5S+. The summed E-state index contributed by atoms with van der Waals surface area (Å²) < 4.78 is 10.1. The molecule has 0 radical (unpaired) electrons. The highest BCUT2D eigenvalue weighted by Gasteiger charge is 2.31. The first kappa shape index (κ1) is 21.8. The van der Waals surface area contributed by atoms with Gasteiger partial charge in [-0.05, 0) is 37.7 Å². The summed E-state index contributed by atoms with van der Waals surface area (Å²) in [6.07, 6.45) is 4.30. The molecule has 0 aromatic carbocycles. The number of quaternary nitrogens is 1. The molecular weight excluding hydrogens is 392 g/mol. The third-order valence-corrected chi connectivity index (χ3v) is 7.05. The Balaban J connectivity index is 1.66. The van der Waals surface area contributed by atoms with Crippen LogP contribution in [0.1, 0.15) is 53.9 Å². The average molecular weight is 424 g/mol. The van der Waals surface area contributed by atoms with E-state index < -0.39 is 0 Å². The number of esters is 2. The summed E-state index contributed by atoms with van der Waals surface area (Å²) in [7, 11) is 1.41. The minimum Gasteiger partial charge on any atom is -0.469 e. The van der Waals surface area contributed by atoms with Gasteiger partial charge >= 0.3 is 11.9 Å². The van der Waals surface area contributed by atoms with Gasteiger partial charge in [-0.2, -0.15) is 0 Å². The van der Waals surface area contributed by atoms with Crippen molar-refractivity contribution in [3.8, 4) is 0 Å². The molecule has 0 unspecified atom stereocenters. The monoisotopic (exact) mass is 423 g/mol. The van der Waals surface area contributed by atoms with E-state index in [1.54, 1.807) is 6.92 Å². The Morgan fingerprint density at radius 1 is 1.21 bits per heavy atom. The first-order valence-corrected chi connectivity index (χ1v) is 11.3. The van der Waals surface area contributed by atoms with Crippen LogP contribution in [0.2, 0.25) is 0 Å². The van der Waals surface area contributed by atoms with Crippen LogP contribution in [0.5, 0.6) is 0 Å². The molecule has 1 amide bonds. The lowest BCUT2D eigenvalue weighted by molar-refractivity contribution is -0.897. The topological polar surface area (TPSA) is 86.1 Å². The van der Waals surface area contributed by atoms with Crippen molar-refractivity contribution >= 4 is 34.2 Å². The SMILES string of the molecule is CCOC(=O)c1c(NC(=O)C[NH+]2CCC(C(=O)OC)CC2)sc2c1CC[C@H](C)C2. The van der Waals surface area contributed by atoms with Crippen molar-refractivity contribution in [1.82, 2.24) is 0 Å². The number of amides is 1. The van der Waals surface area contributed by atoms with E-state index in [4.69, 9.17) is 9.47 Å². The molecule has 1 atom stereocenters. The van der Waals surface area contributed by atoms with Gasteiger partial charge in [0.15, 0.2) is 6.54 Å². The smallest absolute Gasteiger partial charge is 0.341 e. The fraction of sp³-hybridized carbons (Fsp3) is 0.667. The van der Waals surface area contributed by atoms with Crippen LogP contribution >= 0.6 is 11.3 Å². The van der Waals surface area contributed by atoms with E-state index in [0.29, 0.717) is 29.6 Å². The lowest BCUT2D eigenvalue weighted by Gasteiger charge is -2.27. The van der Waals surface area contributed by atoms with Crippen LogP contribution < -0.4 is 10.2 Å². The lowest BCUT2D eigenvalue weighted by Crippen LogP contribution is -3.14. The number of carbonyl (C=O) groups excluding carboxylic acids is 3. The Morgan fingerprint density at radius 2 is 1.93 bits per heavy atom. The molecule has 29 heavy (non-hydrogen) atoms. The highest BCUT2D eigenvalue weighted by molar-refractivity contribution is 7.17. The molecule has 0 spiro atoms. The number of likely N-dealkylation sites (tertiary alicyclic amines) is 1. The van der Waals surface area contributed by atoms with Crippen LogP contribution in [0.3, 0.4) is 0 Å². The number of rotatable bonds is 6. The van der Waals surface area contributed by atoms with Crippen molar-refractivity contribution in [1.29, 1.82) is 0 Å². The molecule has 1 saturated heterocycles. The molecule has 3 rings (SSSR count). The van der Waals surface area contributed by atoms with Gasteiger partial charge in [0.2, 0.25) is 0 Å². The molecule has 2 heterocycles. The van der Waals surface area contributed by atoms with E-state index in [1.807, 2.05) is 0 Å². The van der Waals surface area contributed by atoms with Crippen molar-refractivity contribution < 1.29 is 28.8 Å². The summed E-state index contributed by atoms with van der Waals surface area (Å²) in [5, 5.41) is 3.60. The van der Waals surface area contributed by atoms with Gasteiger partial charge in [-0.15, -0.1) is 11.3 Å². The Bertz CT molecular complexity index is 767. The summed E-state index contributed by atoms with van der Waals surface area (Å²) in [6.45, 7) is 6.17. The minimum absolute atomic E-state index is 0.0618. The summed E-state index contributed by atoms with van der Waals surface area (Å²) in [6, 6.07) is 0. The fourth-order valence-corrected chi connectivity index (χ4v) is 5.68. The molecule has 8 heteroatoms. The van der Waals surface area contributed by atoms with Crippen LogP contribution in [0, 0.1) is 11.8 Å². The second-order valence-corrected chi connectivity index (χ2v) is 9.15. The Morgan fingerprint density at radius 3 is 2.59 bits per heavy atom. The van der Waals surface area contributed by atoms with Crippen LogP contribution in [-0.4, -0.2) is 51.2 Å². The van der Waals surface area contributed by atoms with E-state index >= 15 is 0 Å². The molecule has 2 aliphatic rings. The first-order chi connectivity index (χ1) is 13.9. The molecule has 0 bridgehead atoms. The third kappa shape index (κ3) is 5.17. The van der Waals surface area contributed by atoms with Crippen LogP contribution in [-0.2, 0) is 31.9 Å². The largest absolute Gasteiger partial charge is 0.469 e. The van der Waals surface area contributed by atoms with Crippen LogP contribution in [0.25, 0.3) is 0 Å². The van der Waals surface area contributed by atoms with E-state index in [0.717, 1.165) is 55.7 Å². The lowest BCUT2D eigenvalue weighted by atomic mass is 9.88. The number of anilines is 1. The van der Waals surface area contributed by atoms with Crippen molar-refractivity contribution in [2.24, 2.45) is 11.8 Å². The number of fused-ring (bicyclic) bond motifs is 1. The van der Waals surface area contributed by atoms with Gasteiger partial charge in [0.05, 0.1) is 38.3 Å². The van der Waals surface area contributed by atoms with Gasteiger partial charge < -0.3 is 19.7 Å². The molecule has 0 saturated carbocycles. The predicted octanol–water partition coefficient (Wildman–Crippen LogP) is 1.46. The number of piperidine rings is 1. The standard InChI is InChI=1S/C21H30N2O5S/c1-4-28-21(26)18-15-6-5-13(2)11-16(15)29-19(18)22-17(24)12-23-9-7-14(8-10-23)20(25)27-3/h13-14H,4-12H2,1-3H3,(H,22,24)/p+1/t13-/m0/s1. The van der Waals surface area contributed by atoms with Crippen LogP contribution in [0.4, 0.5) is 5.00 Å². The van der Waals surface area contributed by atoms with Gasteiger partial charge in [0.25, 0.3) is 5.91 Å². The van der Waals surface area contributed by atoms with E-state index in [1.165, 1.54) is 23.3 Å². The third-order valence-electron chi connectivity index (χ3n) is 5.88. The van der Waals surface area contributed by atoms with Crippen LogP contribution in [0.15, 0.2) is 0 Å². The van der Waals surface area contributed by atoms with Gasteiger partial charge in [-0.3, -0.25) is 9.59 Å². The summed E-state index contributed by atoms with van der Waals surface area (Å²) in [4.78, 5) is 39.3. The summed E-state index contributed by atoms with van der Waals surface area (Å²) >= 11 is 1.51. The van der Waals surface area contributed by atoms with E-state index in [-0.39, 0.29) is 23.8 Å². The second kappa shape index (κ2) is 9.71. The predicted molar refractivity (Wildman–Crippen MR) is 110 cm³/mol. The minimum atomic E-state index is -0.346. The molecule has 2 N–H and O–H groups in total. The van der Waals surface area contributed by atoms with Gasteiger partial charge in [-0.1, -0.05) is 6.92 Å². The average Bonchev–Trinajstić information content (AvgIpc) is 3.04. The van der Waals surface area contributed by atoms with Crippen molar-refractivity contribution in [2.75, 3.05) is 38.7 Å². The number of methoxy groups -OCH3 is 1. The van der Waals surface area contributed by atoms with Gasteiger partial charge in [0.1, 0.15) is 5.00 Å². The Labute approximate surface area is 175 Å². The number of nitrogens with one attached hydrogen (secondary N) is 2. The number of hydrogen-bond acceptors (Lipinski definition) is 6. The number of carbonyl (C=O) groups is 3. The maximum atomic E-state index is 12.7. The molecule has 160 valence electrons. The van der Waals surface area contributed by atoms with Crippen molar-refractivity contribution in [3.63, 3.8) is 0 Å². The quantitative estimate of drug-likeness (QED) is 0.677.